The van der Waals surface area contributed by atoms with Crippen molar-refractivity contribution in [1.82, 2.24) is 0 Å². The first-order chi connectivity index (χ1) is 5.68. The second kappa shape index (κ2) is 4.21. The lowest BCUT2D eigenvalue weighted by molar-refractivity contribution is -0.471. The van der Waals surface area contributed by atoms with Crippen LogP contribution in [0.5, 0.6) is 0 Å². The van der Waals surface area contributed by atoms with Gasteiger partial charge in [0.2, 0.25) is 6.54 Å². The molecule has 0 bridgehead atoms. The summed E-state index contributed by atoms with van der Waals surface area (Å²) >= 11 is 3.28. The molecule has 0 amide bonds. The highest BCUT2D eigenvalue weighted by atomic mass is 79.9. The van der Waals surface area contributed by atoms with Crippen LogP contribution >= 0.6 is 15.9 Å². The third kappa shape index (κ3) is 3.00. The number of nitro groups is 1. The maximum atomic E-state index is 10.0. The first-order valence-electron chi connectivity index (χ1n) is 3.39. The van der Waals surface area contributed by atoms with Crippen molar-refractivity contribution in [1.29, 1.82) is 0 Å². The fourth-order valence-corrected chi connectivity index (χ4v) is 1.23. The first-order valence-corrected chi connectivity index (χ1v) is 4.18. The summed E-state index contributed by atoms with van der Waals surface area (Å²) in [5.74, 6) is 0. The molecule has 0 saturated heterocycles. The molecular formula is C8H7BrNO2. The molecule has 0 aliphatic rings. The van der Waals surface area contributed by atoms with Crippen molar-refractivity contribution in [3.63, 3.8) is 0 Å². The summed E-state index contributed by atoms with van der Waals surface area (Å²) in [5, 5.41) is 10.0. The number of benzene rings is 1. The zero-order chi connectivity index (χ0) is 8.97. The average Bonchev–Trinajstić information content (AvgIpc) is 2.01. The van der Waals surface area contributed by atoms with E-state index in [-0.39, 0.29) is 11.5 Å². The van der Waals surface area contributed by atoms with E-state index < -0.39 is 0 Å². The summed E-state index contributed by atoms with van der Waals surface area (Å²) in [6, 6.07) is 7.39. The third-order valence-corrected chi connectivity index (χ3v) is 1.82. The molecule has 1 rings (SSSR count). The highest BCUT2D eigenvalue weighted by molar-refractivity contribution is 9.10. The van der Waals surface area contributed by atoms with Gasteiger partial charge in [0, 0.05) is 9.40 Å². The standard InChI is InChI=1S/C8H7BrNO2/c9-8-3-1-2-7(6-8)4-5-10(11)12/h1-4,6H,5H2. The molecule has 0 fully saturated rings. The summed E-state index contributed by atoms with van der Waals surface area (Å²) in [7, 11) is 0. The van der Waals surface area contributed by atoms with Gasteiger partial charge in [-0.25, -0.2) is 0 Å². The molecule has 0 heterocycles. The van der Waals surface area contributed by atoms with Crippen molar-refractivity contribution in [3.05, 3.63) is 50.8 Å². The molecule has 0 aliphatic heterocycles. The van der Waals surface area contributed by atoms with Gasteiger partial charge in [-0.3, -0.25) is 10.1 Å². The van der Waals surface area contributed by atoms with Gasteiger partial charge in [-0.05, 0) is 17.7 Å². The van der Waals surface area contributed by atoms with Crippen LogP contribution in [-0.4, -0.2) is 11.5 Å². The molecule has 1 aromatic rings. The van der Waals surface area contributed by atoms with Gasteiger partial charge >= 0.3 is 0 Å². The van der Waals surface area contributed by atoms with Gasteiger partial charge in [0.05, 0.1) is 6.42 Å². The number of hydrogen-bond acceptors (Lipinski definition) is 2. The van der Waals surface area contributed by atoms with E-state index in [0.29, 0.717) is 0 Å². The van der Waals surface area contributed by atoms with Crippen LogP contribution < -0.4 is 0 Å². The second-order valence-electron chi connectivity index (χ2n) is 2.27. The number of nitrogens with zero attached hydrogens (tertiary/aromatic N) is 1. The van der Waals surface area contributed by atoms with Gasteiger partial charge < -0.3 is 0 Å². The molecule has 0 atom stereocenters. The van der Waals surface area contributed by atoms with Crippen LogP contribution in [0, 0.1) is 16.5 Å². The molecule has 0 saturated carbocycles. The van der Waals surface area contributed by atoms with Crippen molar-refractivity contribution >= 4 is 15.9 Å². The Bertz CT molecular complexity index is 288. The highest BCUT2D eigenvalue weighted by Crippen LogP contribution is 2.12. The lowest BCUT2D eigenvalue weighted by atomic mass is 10.2. The van der Waals surface area contributed by atoms with Crippen LogP contribution in [0.1, 0.15) is 5.56 Å². The minimum Gasteiger partial charge on any atom is -0.265 e. The molecular weight excluding hydrogens is 222 g/mol. The lowest BCUT2D eigenvalue weighted by Gasteiger charge is -1.96. The molecule has 0 N–H and O–H groups in total. The summed E-state index contributed by atoms with van der Waals surface area (Å²) in [5.41, 5.74) is 0.862. The van der Waals surface area contributed by atoms with E-state index >= 15 is 0 Å². The summed E-state index contributed by atoms with van der Waals surface area (Å²) in [6.07, 6.45) is 1.57. The molecule has 63 valence electrons. The zero-order valence-corrected chi connectivity index (χ0v) is 7.82. The lowest BCUT2D eigenvalue weighted by Crippen LogP contribution is -2.01. The van der Waals surface area contributed by atoms with Crippen LogP contribution in [0.15, 0.2) is 28.7 Å². The zero-order valence-electron chi connectivity index (χ0n) is 6.24. The Kier molecular flexibility index (Phi) is 3.22. The fraction of sp³-hybridized carbons (Fsp3) is 0.125. The Morgan fingerprint density at radius 3 is 2.92 bits per heavy atom. The molecule has 12 heavy (non-hydrogen) atoms. The van der Waals surface area contributed by atoms with E-state index in [9.17, 15) is 10.1 Å². The molecule has 0 spiro atoms. The Morgan fingerprint density at radius 2 is 2.33 bits per heavy atom. The Labute approximate surface area is 78.7 Å². The normalized spacial score (nSPS) is 9.75. The van der Waals surface area contributed by atoms with Gasteiger partial charge in [0.15, 0.2) is 0 Å². The predicted molar refractivity (Wildman–Crippen MR) is 49.4 cm³/mol. The van der Waals surface area contributed by atoms with E-state index in [4.69, 9.17) is 0 Å². The van der Waals surface area contributed by atoms with Crippen molar-refractivity contribution in [2.75, 3.05) is 6.54 Å². The topological polar surface area (TPSA) is 43.1 Å². The molecule has 0 aliphatic carbocycles. The van der Waals surface area contributed by atoms with Crippen molar-refractivity contribution in [2.24, 2.45) is 0 Å². The van der Waals surface area contributed by atoms with Gasteiger partial charge in [-0.15, -0.1) is 0 Å². The Hall–Kier alpha value is -0.900. The molecule has 0 unspecified atom stereocenters. The molecule has 3 nitrogen and oxygen atoms in total. The molecule has 1 radical (unpaired) electrons. The smallest absolute Gasteiger partial charge is 0.211 e. The summed E-state index contributed by atoms with van der Waals surface area (Å²) in [4.78, 5) is 9.66. The SMILES string of the molecule is O=[N+]([O-])C[CH]c1cccc(Br)c1. The van der Waals surface area contributed by atoms with Gasteiger partial charge in [-0.2, -0.15) is 0 Å². The maximum Gasteiger partial charge on any atom is 0.211 e. The van der Waals surface area contributed by atoms with Crippen molar-refractivity contribution in [2.45, 2.75) is 0 Å². The van der Waals surface area contributed by atoms with E-state index in [1.807, 2.05) is 24.3 Å². The maximum absolute atomic E-state index is 10.0. The van der Waals surface area contributed by atoms with E-state index in [1.165, 1.54) is 0 Å². The van der Waals surface area contributed by atoms with Crippen LogP contribution in [0.4, 0.5) is 0 Å². The first kappa shape index (κ1) is 9.19. The van der Waals surface area contributed by atoms with Crippen LogP contribution in [0.3, 0.4) is 0 Å². The van der Waals surface area contributed by atoms with E-state index in [0.717, 1.165) is 10.0 Å². The number of rotatable bonds is 3. The summed E-state index contributed by atoms with van der Waals surface area (Å²) in [6.45, 7) is -0.129. The highest BCUT2D eigenvalue weighted by Gasteiger charge is 1.99. The average molecular weight is 229 g/mol. The van der Waals surface area contributed by atoms with Crippen LogP contribution in [0.2, 0.25) is 0 Å². The van der Waals surface area contributed by atoms with Crippen LogP contribution in [-0.2, 0) is 0 Å². The second-order valence-corrected chi connectivity index (χ2v) is 3.19. The van der Waals surface area contributed by atoms with Crippen molar-refractivity contribution in [3.8, 4) is 0 Å². The number of halogens is 1. The van der Waals surface area contributed by atoms with Gasteiger partial charge in [0.1, 0.15) is 0 Å². The van der Waals surface area contributed by atoms with E-state index in [1.54, 1.807) is 6.42 Å². The fourth-order valence-electron chi connectivity index (χ4n) is 0.814. The molecule has 1 aromatic carbocycles. The molecule has 0 aromatic heterocycles. The summed E-state index contributed by atoms with van der Waals surface area (Å²) < 4.78 is 0.930. The van der Waals surface area contributed by atoms with Gasteiger partial charge in [-0.1, -0.05) is 28.1 Å². The number of hydrogen-bond donors (Lipinski definition) is 0. The monoisotopic (exact) mass is 228 g/mol. The quantitative estimate of drug-likeness (QED) is 0.589. The predicted octanol–water partition coefficient (Wildman–Crippen LogP) is 2.28. The van der Waals surface area contributed by atoms with Crippen molar-refractivity contribution < 1.29 is 4.92 Å². The third-order valence-electron chi connectivity index (χ3n) is 1.32. The van der Waals surface area contributed by atoms with Gasteiger partial charge in [0.25, 0.3) is 0 Å². The Balaban J connectivity index is 2.57. The molecule has 4 heteroatoms. The van der Waals surface area contributed by atoms with E-state index in [2.05, 4.69) is 15.9 Å². The largest absolute Gasteiger partial charge is 0.265 e. The Morgan fingerprint density at radius 1 is 1.58 bits per heavy atom. The minimum absolute atomic E-state index is 0.129. The van der Waals surface area contributed by atoms with Crippen LogP contribution in [0.25, 0.3) is 0 Å². The minimum atomic E-state index is -0.360.